The van der Waals surface area contributed by atoms with E-state index in [-0.39, 0.29) is 18.3 Å². The lowest BCUT2D eigenvalue weighted by molar-refractivity contribution is -0.142. The van der Waals surface area contributed by atoms with Crippen LogP contribution in [0.1, 0.15) is 23.0 Å². The molecule has 0 aromatic carbocycles. The van der Waals surface area contributed by atoms with Crippen molar-refractivity contribution in [1.82, 2.24) is 0 Å². The van der Waals surface area contributed by atoms with Crippen LogP contribution in [0, 0.1) is 5.92 Å². The minimum atomic E-state index is -1.96. The maximum absolute atomic E-state index is 10.9. The maximum atomic E-state index is 10.9. The number of rotatable bonds is 3. The van der Waals surface area contributed by atoms with Gasteiger partial charge in [-0.2, -0.15) is 0 Å². The summed E-state index contributed by atoms with van der Waals surface area (Å²) in [4.78, 5) is 10.9. The predicted molar refractivity (Wildman–Crippen MR) is 46.7 cm³/mol. The van der Waals surface area contributed by atoms with Crippen molar-refractivity contribution in [2.75, 3.05) is 7.11 Å². The van der Waals surface area contributed by atoms with Gasteiger partial charge in [0.05, 0.1) is 8.48 Å². The van der Waals surface area contributed by atoms with Gasteiger partial charge in [-0.25, -0.2) is 0 Å². The highest BCUT2D eigenvalue weighted by Crippen LogP contribution is 2.02. The van der Waals surface area contributed by atoms with Gasteiger partial charge in [0.15, 0.2) is 0 Å². The molecule has 0 aliphatic carbocycles. The van der Waals surface area contributed by atoms with Gasteiger partial charge < -0.3 is 10.5 Å². The first-order valence-corrected chi connectivity index (χ1v) is 3.13. The average Bonchev–Trinajstić information content (AvgIpc) is 2.01. The van der Waals surface area contributed by atoms with Crippen molar-refractivity contribution in [2.45, 2.75) is 26.3 Å². The summed E-state index contributed by atoms with van der Waals surface area (Å²) in [5.41, 5.74) is 5.32. The molecule has 2 N–H and O–H groups in total. The molecular formula is C7H16ClNO2. The standard InChI is InChI=1S/C7H15NO2.ClH/c1-5(2)4-6(8)7(9)10-3;/h5-6H,4,8H2,1-3H3;1H/t6-;/m0./s1/i4D,6D;/t4-,6-;. The molecular weight excluding hydrogens is 166 g/mol. The van der Waals surface area contributed by atoms with Crippen molar-refractivity contribution in [2.24, 2.45) is 11.7 Å². The first-order valence-electron chi connectivity index (χ1n) is 4.21. The van der Waals surface area contributed by atoms with E-state index in [1.165, 1.54) is 0 Å². The lowest BCUT2D eigenvalue weighted by Gasteiger charge is -2.10. The summed E-state index contributed by atoms with van der Waals surface area (Å²) in [5.74, 6) is -1.01. The molecule has 0 saturated heterocycles. The van der Waals surface area contributed by atoms with E-state index in [9.17, 15) is 4.79 Å². The second-order valence-corrected chi connectivity index (χ2v) is 2.36. The molecule has 0 radical (unpaired) electrons. The normalized spacial score (nSPS) is 20.5. The second kappa shape index (κ2) is 6.43. The van der Waals surface area contributed by atoms with E-state index in [4.69, 9.17) is 8.48 Å². The minimum Gasteiger partial charge on any atom is -0.468 e. The Bertz CT molecular complexity index is 176. The summed E-state index contributed by atoms with van der Waals surface area (Å²) >= 11 is 0. The molecule has 0 aromatic rings. The smallest absolute Gasteiger partial charge is 0.322 e. The number of methoxy groups -OCH3 is 1. The zero-order valence-electron chi connectivity index (χ0n) is 8.96. The van der Waals surface area contributed by atoms with Crippen molar-refractivity contribution in [3.8, 4) is 0 Å². The molecule has 0 aliphatic rings. The van der Waals surface area contributed by atoms with Crippen molar-refractivity contribution < 1.29 is 12.3 Å². The Labute approximate surface area is 76.5 Å². The number of esters is 1. The number of halogens is 1. The Morgan fingerprint density at radius 3 is 2.55 bits per heavy atom. The van der Waals surface area contributed by atoms with Crippen LogP contribution in [0.15, 0.2) is 0 Å². The van der Waals surface area contributed by atoms with Gasteiger partial charge >= 0.3 is 5.97 Å². The molecule has 0 aromatic heterocycles. The summed E-state index contributed by atoms with van der Waals surface area (Å²) < 4.78 is 19.1. The number of ether oxygens (including phenoxy) is 1. The maximum Gasteiger partial charge on any atom is 0.322 e. The zero-order chi connectivity index (χ0) is 9.94. The van der Waals surface area contributed by atoms with E-state index in [1.807, 2.05) is 0 Å². The van der Waals surface area contributed by atoms with Gasteiger partial charge in [-0.15, -0.1) is 12.4 Å². The lowest BCUT2D eigenvalue weighted by Crippen LogP contribution is -2.32. The summed E-state index contributed by atoms with van der Waals surface area (Å²) in [5, 5.41) is 0. The van der Waals surface area contributed by atoms with E-state index in [0.717, 1.165) is 7.11 Å². The monoisotopic (exact) mass is 183 g/mol. The van der Waals surface area contributed by atoms with E-state index < -0.39 is 18.4 Å². The molecule has 11 heavy (non-hydrogen) atoms. The van der Waals surface area contributed by atoms with E-state index in [1.54, 1.807) is 13.8 Å². The van der Waals surface area contributed by atoms with Gasteiger partial charge in [0.2, 0.25) is 0 Å². The third-order valence-electron chi connectivity index (χ3n) is 0.934. The van der Waals surface area contributed by atoms with Crippen LogP contribution in [0.2, 0.25) is 0 Å². The van der Waals surface area contributed by atoms with Crippen molar-refractivity contribution in [3.63, 3.8) is 0 Å². The molecule has 0 aliphatic heterocycles. The third kappa shape index (κ3) is 6.13. The minimum absolute atomic E-state index is 0. The van der Waals surface area contributed by atoms with Crippen molar-refractivity contribution >= 4 is 18.4 Å². The topological polar surface area (TPSA) is 52.3 Å². The third-order valence-corrected chi connectivity index (χ3v) is 0.934. The Balaban J connectivity index is 0. The summed E-state index contributed by atoms with van der Waals surface area (Å²) in [6.07, 6.45) is -0.968. The van der Waals surface area contributed by atoms with Crippen LogP contribution in [0.3, 0.4) is 0 Å². The Morgan fingerprint density at radius 2 is 2.27 bits per heavy atom. The fourth-order valence-electron chi connectivity index (χ4n) is 0.545. The van der Waals surface area contributed by atoms with Gasteiger partial charge in [-0.1, -0.05) is 13.8 Å². The van der Waals surface area contributed by atoms with Crippen molar-refractivity contribution in [1.29, 1.82) is 0 Å². The SMILES string of the molecule is Cl.[2H][C@@H](C(C)C)[C@]([2H])(N)C(=O)OC. The molecule has 3 nitrogen and oxygen atoms in total. The van der Waals surface area contributed by atoms with Crippen molar-refractivity contribution in [3.05, 3.63) is 0 Å². The number of carbonyl (C=O) groups is 1. The second-order valence-electron chi connectivity index (χ2n) is 2.36. The molecule has 0 fully saturated rings. The highest BCUT2D eigenvalue weighted by atomic mass is 35.5. The number of hydrogen-bond acceptors (Lipinski definition) is 3. The van der Waals surface area contributed by atoms with Gasteiger partial charge in [-0.05, 0) is 12.3 Å². The zero-order valence-corrected chi connectivity index (χ0v) is 7.77. The van der Waals surface area contributed by atoms with Gasteiger partial charge in [0, 0.05) is 1.37 Å². The fourth-order valence-corrected chi connectivity index (χ4v) is 0.545. The highest BCUT2D eigenvalue weighted by molar-refractivity contribution is 5.85. The first-order chi connectivity index (χ1) is 5.34. The number of nitrogens with two attached hydrogens (primary N) is 1. The molecule has 2 atom stereocenters. The molecule has 0 saturated carbocycles. The Kier molecular flexibility index (Phi) is 5.15. The fraction of sp³-hybridized carbons (Fsp3) is 0.857. The number of hydrogen-bond donors (Lipinski definition) is 1. The molecule has 0 amide bonds. The molecule has 0 heterocycles. The van der Waals surface area contributed by atoms with Crippen LogP contribution in [-0.2, 0) is 9.53 Å². The molecule has 4 heteroatoms. The quantitative estimate of drug-likeness (QED) is 0.663. The first kappa shape index (κ1) is 8.81. The van der Waals surface area contributed by atoms with Crippen LogP contribution in [0.25, 0.3) is 0 Å². The summed E-state index contributed by atoms with van der Waals surface area (Å²) in [7, 11) is 1.16. The van der Waals surface area contributed by atoms with E-state index >= 15 is 0 Å². The highest BCUT2D eigenvalue weighted by Gasteiger charge is 2.14. The van der Waals surface area contributed by atoms with Crippen LogP contribution in [0.5, 0.6) is 0 Å². The average molecular weight is 184 g/mol. The molecule has 0 spiro atoms. The summed E-state index contributed by atoms with van der Waals surface area (Å²) in [6.45, 7) is 3.47. The van der Waals surface area contributed by atoms with Gasteiger partial charge in [0.25, 0.3) is 0 Å². The summed E-state index contributed by atoms with van der Waals surface area (Å²) in [6, 6.07) is -1.96. The van der Waals surface area contributed by atoms with Crippen LogP contribution < -0.4 is 5.73 Å². The lowest BCUT2D eigenvalue weighted by atomic mass is 10.1. The van der Waals surface area contributed by atoms with E-state index in [2.05, 4.69) is 4.74 Å². The predicted octanol–water partition coefficient (Wildman–Crippen LogP) is 0.955. The molecule has 68 valence electrons. The number of carbonyl (C=O) groups excluding carboxylic acids is 1. The molecule has 0 bridgehead atoms. The molecule has 0 unspecified atom stereocenters. The molecule has 0 rings (SSSR count). The van der Waals surface area contributed by atoms with Crippen LogP contribution >= 0.6 is 12.4 Å². The van der Waals surface area contributed by atoms with Gasteiger partial charge in [0.1, 0.15) is 6.02 Å². The largest absolute Gasteiger partial charge is 0.468 e. The Hall–Kier alpha value is -0.280. The van der Waals surface area contributed by atoms with Gasteiger partial charge in [-0.3, -0.25) is 4.79 Å². The Morgan fingerprint density at radius 1 is 1.82 bits per heavy atom. The van der Waals surface area contributed by atoms with Crippen LogP contribution in [0.4, 0.5) is 0 Å². The van der Waals surface area contributed by atoms with Crippen LogP contribution in [-0.4, -0.2) is 19.1 Å². The van der Waals surface area contributed by atoms with E-state index in [0.29, 0.717) is 0 Å².